The van der Waals surface area contributed by atoms with E-state index < -0.39 is 0 Å². The summed E-state index contributed by atoms with van der Waals surface area (Å²) >= 11 is 0. The SMILES string of the molecule is O=C1NCc2cc(CC(Cc3ccccc3)C(=O)N3CCCCC3)ccc2N1. The van der Waals surface area contributed by atoms with Crippen LogP contribution >= 0.6 is 0 Å². The topological polar surface area (TPSA) is 61.4 Å². The predicted molar refractivity (Wildman–Crippen MR) is 110 cm³/mol. The molecule has 0 aromatic heterocycles. The fraction of sp³-hybridized carbons (Fsp3) is 0.391. The molecule has 28 heavy (non-hydrogen) atoms. The Kier molecular flexibility index (Phi) is 5.60. The summed E-state index contributed by atoms with van der Waals surface area (Å²) in [7, 11) is 0. The Morgan fingerprint density at radius 3 is 2.50 bits per heavy atom. The van der Waals surface area contributed by atoms with Crippen LogP contribution in [0, 0.1) is 5.92 Å². The van der Waals surface area contributed by atoms with Crippen LogP contribution in [-0.4, -0.2) is 29.9 Å². The van der Waals surface area contributed by atoms with E-state index in [1.54, 1.807) is 0 Å². The van der Waals surface area contributed by atoms with Crippen molar-refractivity contribution in [2.24, 2.45) is 5.92 Å². The second kappa shape index (κ2) is 8.46. The molecule has 146 valence electrons. The lowest BCUT2D eigenvalue weighted by Gasteiger charge is -2.31. The van der Waals surface area contributed by atoms with E-state index in [0.29, 0.717) is 13.0 Å². The van der Waals surface area contributed by atoms with Crippen molar-refractivity contribution in [2.75, 3.05) is 18.4 Å². The van der Waals surface area contributed by atoms with E-state index in [1.807, 2.05) is 30.3 Å². The predicted octanol–water partition coefficient (Wildman–Crippen LogP) is 3.74. The first-order valence-corrected chi connectivity index (χ1v) is 10.2. The molecule has 0 bridgehead atoms. The summed E-state index contributed by atoms with van der Waals surface area (Å²) in [4.78, 5) is 26.8. The molecular formula is C23H27N3O2. The number of benzene rings is 2. The molecule has 0 radical (unpaired) electrons. The zero-order valence-electron chi connectivity index (χ0n) is 16.1. The molecule has 1 saturated heterocycles. The van der Waals surface area contributed by atoms with Gasteiger partial charge in [-0.2, -0.15) is 0 Å². The average Bonchev–Trinajstić information content (AvgIpc) is 2.74. The van der Waals surface area contributed by atoms with E-state index in [-0.39, 0.29) is 17.9 Å². The smallest absolute Gasteiger partial charge is 0.319 e. The monoisotopic (exact) mass is 377 g/mol. The molecule has 3 amide bonds. The van der Waals surface area contributed by atoms with Gasteiger partial charge in [-0.3, -0.25) is 4.79 Å². The van der Waals surface area contributed by atoms with E-state index in [9.17, 15) is 9.59 Å². The van der Waals surface area contributed by atoms with Crippen LogP contribution in [0.15, 0.2) is 48.5 Å². The van der Waals surface area contributed by atoms with Gasteiger partial charge in [0.25, 0.3) is 0 Å². The largest absolute Gasteiger partial charge is 0.342 e. The van der Waals surface area contributed by atoms with Crippen molar-refractivity contribution in [3.05, 3.63) is 65.2 Å². The number of nitrogens with one attached hydrogen (secondary N) is 2. The summed E-state index contributed by atoms with van der Waals surface area (Å²) in [6.07, 6.45) is 4.90. The van der Waals surface area contributed by atoms with Gasteiger partial charge >= 0.3 is 6.03 Å². The summed E-state index contributed by atoms with van der Waals surface area (Å²) in [6, 6.07) is 16.2. The molecule has 2 N–H and O–H groups in total. The Balaban J connectivity index is 1.54. The van der Waals surface area contributed by atoms with Crippen LogP contribution in [-0.2, 0) is 24.2 Å². The molecule has 2 aliphatic heterocycles. The number of rotatable bonds is 5. The van der Waals surface area contributed by atoms with Crippen molar-refractivity contribution in [1.29, 1.82) is 0 Å². The van der Waals surface area contributed by atoms with Crippen LogP contribution in [0.5, 0.6) is 0 Å². The summed E-state index contributed by atoms with van der Waals surface area (Å²) in [5, 5.41) is 5.64. The number of amides is 3. The number of fused-ring (bicyclic) bond motifs is 1. The van der Waals surface area contributed by atoms with Crippen LogP contribution < -0.4 is 10.6 Å². The molecule has 2 aromatic carbocycles. The number of hydrogen-bond acceptors (Lipinski definition) is 2. The molecule has 5 nitrogen and oxygen atoms in total. The first-order chi connectivity index (χ1) is 13.7. The molecule has 2 heterocycles. The van der Waals surface area contributed by atoms with E-state index in [4.69, 9.17) is 0 Å². The van der Waals surface area contributed by atoms with Crippen molar-refractivity contribution in [2.45, 2.75) is 38.6 Å². The maximum absolute atomic E-state index is 13.3. The highest BCUT2D eigenvalue weighted by atomic mass is 16.2. The molecule has 0 aliphatic carbocycles. The Labute approximate surface area is 166 Å². The minimum Gasteiger partial charge on any atom is -0.342 e. The van der Waals surface area contributed by atoms with Crippen LogP contribution in [0.1, 0.15) is 36.0 Å². The maximum atomic E-state index is 13.3. The van der Waals surface area contributed by atoms with Gasteiger partial charge in [0, 0.05) is 31.2 Å². The van der Waals surface area contributed by atoms with Crippen molar-refractivity contribution in [1.82, 2.24) is 10.2 Å². The molecule has 5 heteroatoms. The first kappa shape index (κ1) is 18.5. The molecule has 4 rings (SSSR count). The molecule has 2 aliphatic rings. The summed E-state index contributed by atoms with van der Waals surface area (Å²) in [5.41, 5.74) is 4.27. The molecule has 1 atom stereocenters. The number of urea groups is 1. The number of nitrogens with zero attached hydrogens (tertiary/aromatic N) is 1. The standard InChI is InChI=1S/C23H27N3O2/c27-22(26-11-5-2-6-12-26)19(13-17-7-3-1-4-8-17)14-18-9-10-21-20(15-18)16-24-23(28)25-21/h1,3-4,7-10,15,19H,2,5-6,11-14,16H2,(H2,24,25,28). The fourth-order valence-electron chi connectivity index (χ4n) is 4.19. The zero-order chi connectivity index (χ0) is 19.3. The fourth-order valence-corrected chi connectivity index (χ4v) is 4.19. The quantitative estimate of drug-likeness (QED) is 0.834. The Bertz CT molecular complexity index is 844. The van der Waals surface area contributed by atoms with E-state index >= 15 is 0 Å². The second-order valence-electron chi connectivity index (χ2n) is 7.78. The van der Waals surface area contributed by atoms with Gasteiger partial charge in [0.1, 0.15) is 0 Å². The van der Waals surface area contributed by atoms with Crippen molar-refractivity contribution < 1.29 is 9.59 Å². The lowest BCUT2D eigenvalue weighted by molar-refractivity contribution is -0.136. The zero-order valence-corrected chi connectivity index (χ0v) is 16.1. The lowest BCUT2D eigenvalue weighted by atomic mass is 9.90. The number of hydrogen-bond donors (Lipinski definition) is 2. The molecule has 0 spiro atoms. The Morgan fingerprint density at radius 1 is 0.964 bits per heavy atom. The summed E-state index contributed by atoms with van der Waals surface area (Å²) < 4.78 is 0. The number of carbonyl (C=O) groups excluding carboxylic acids is 2. The third-order valence-corrected chi connectivity index (χ3v) is 5.68. The Morgan fingerprint density at radius 2 is 1.71 bits per heavy atom. The van der Waals surface area contributed by atoms with Gasteiger partial charge in [-0.15, -0.1) is 0 Å². The van der Waals surface area contributed by atoms with Crippen LogP contribution in [0.3, 0.4) is 0 Å². The molecule has 2 aromatic rings. The van der Waals surface area contributed by atoms with E-state index in [0.717, 1.165) is 49.2 Å². The van der Waals surface area contributed by atoms with E-state index in [1.165, 1.54) is 12.0 Å². The summed E-state index contributed by atoms with van der Waals surface area (Å²) in [5.74, 6) is 0.206. The third-order valence-electron chi connectivity index (χ3n) is 5.68. The second-order valence-corrected chi connectivity index (χ2v) is 7.78. The van der Waals surface area contributed by atoms with Gasteiger partial charge in [-0.25, -0.2) is 4.79 Å². The summed E-state index contributed by atoms with van der Waals surface area (Å²) in [6.45, 7) is 2.28. The van der Waals surface area contributed by atoms with Crippen molar-refractivity contribution in [3.63, 3.8) is 0 Å². The highest BCUT2D eigenvalue weighted by Crippen LogP contribution is 2.25. The van der Waals surface area contributed by atoms with Crippen LogP contribution in [0.4, 0.5) is 10.5 Å². The molecule has 1 unspecified atom stereocenters. The number of anilines is 1. The minimum atomic E-state index is -0.164. The molecule has 0 saturated carbocycles. The van der Waals surface area contributed by atoms with Gasteiger partial charge < -0.3 is 15.5 Å². The van der Waals surface area contributed by atoms with Gasteiger partial charge in [0.2, 0.25) is 5.91 Å². The minimum absolute atomic E-state index is 0.0651. The highest BCUT2D eigenvalue weighted by molar-refractivity contribution is 5.92. The lowest BCUT2D eigenvalue weighted by Crippen LogP contribution is -2.41. The number of carbonyl (C=O) groups is 2. The maximum Gasteiger partial charge on any atom is 0.319 e. The Hall–Kier alpha value is -2.82. The van der Waals surface area contributed by atoms with Crippen LogP contribution in [0.25, 0.3) is 0 Å². The number of likely N-dealkylation sites (tertiary alicyclic amines) is 1. The molecule has 1 fully saturated rings. The highest BCUT2D eigenvalue weighted by Gasteiger charge is 2.26. The molecular weight excluding hydrogens is 350 g/mol. The van der Waals surface area contributed by atoms with Crippen molar-refractivity contribution >= 4 is 17.6 Å². The number of piperidine rings is 1. The van der Waals surface area contributed by atoms with E-state index in [2.05, 4.69) is 33.7 Å². The van der Waals surface area contributed by atoms with Crippen LogP contribution in [0.2, 0.25) is 0 Å². The van der Waals surface area contributed by atoms with Gasteiger partial charge in [-0.1, -0.05) is 42.5 Å². The van der Waals surface area contributed by atoms with Crippen molar-refractivity contribution in [3.8, 4) is 0 Å². The first-order valence-electron chi connectivity index (χ1n) is 10.2. The van der Waals surface area contributed by atoms with Gasteiger partial charge in [0.15, 0.2) is 0 Å². The third kappa shape index (κ3) is 4.35. The normalized spacial score (nSPS) is 17.3. The van der Waals surface area contributed by atoms with Gasteiger partial charge in [-0.05, 0) is 54.9 Å². The van der Waals surface area contributed by atoms with Gasteiger partial charge in [0.05, 0.1) is 0 Å². The average molecular weight is 377 g/mol.